The van der Waals surface area contributed by atoms with Crippen LogP contribution in [0.15, 0.2) is 18.3 Å². The normalized spacial score (nSPS) is 29.4. The van der Waals surface area contributed by atoms with Crippen molar-refractivity contribution in [1.29, 1.82) is 0 Å². The number of ether oxygens (including phenoxy) is 1. The van der Waals surface area contributed by atoms with Crippen LogP contribution in [0.3, 0.4) is 0 Å². The van der Waals surface area contributed by atoms with Gasteiger partial charge in [0, 0.05) is 57.0 Å². The molecule has 3 heterocycles. The van der Waals surface area contributed by atoms with Gasteiger partial charge in [0.05, 0.1) is 12.2 Å². The number of nitrogens with one attached hydrogen (secondary N) is 1. The second kappa shape index (κ2) is 9.95. The fourth-order valence-corrected chi connectivity index (χ4v) is 5.26. The number of amides is 1. The highest BCUT2D eigenvalue weighted by molar-refractivity contribution is 5.79. The molecule has 1 saturated carbocycles. The van der Waals surface area contributed by atoms with E-state index in [1.165, 1.54) is 6.20 Å². The van der Waals surface area contributed by atoms with Gasteiger partial charge in [-0.3, -0.25) is 4.79 Å². The number of pyridine rings is 1. The second-order valence-electron chi connectivity index (χ2n) is 9.22. The van der Waals surface area contributed by atoms with Crippen LogP contribution in [0.2, 0.25) is 0 Å². The van der Waals surface area contributed by atoms with Crippen molar-refractivity contribution in [2.75, 3.05) is 44.3 Å². The molecule has 2 aliphatic heterocycles. The Balaban J connectivity index is 1.27. The molecule has 6 nitrogen and oxygen atoms in total. The number of rotatable bonds is 5. The lowest BCUT2D eigenvalue weighted by molar-refractivity contribution is -0.137. The van der Waals surface area contributed by atoms with Crippen LogP contribution in [0.5, 0.6) is 0 Å². The number of anilines is 1. The molecule has 0 aromatic carbocycles. The third kappa shape index (κ3) is 5.36. The summed E-state index contributed by atoms with van der Waals surface area (Å²) in [6.45, 7) is 5.84. The fourth-order valence-electron chi connectivity index (χ4n) is 5.26. The lowest BCUT2D eigenvalue weighted by atomic mass is 9.92. The summed E-state index contributed by atoms with van der Waals surface area (Å²) in [6, 6.07) is 2.91. The minimum absolute atomic E-state index is 0.0330. The first-order chi connectivity index (χ1) is 15.3. The first kappa shape index (κ1) is 23.3. The summed E-state index contributed by atoms with van der Waals surface area (Å²) in [5, 5.41) is 3.79. The van der Waals surface area contributed by atoms with Gasteiger partial charge in [-0.1, -0.05) is 6.92 Å². The molecule has 3 aliphatic rings. The molecule has 1 amide bonds. The number of aromatic nitrogens is 1. The summed E-state index contributed by atoms with van der Waals surface area (Å²) < 4.78 is 44.6. The van der Waals surface area contributed by atoms with Gasteiger partial charge in [-0.15, -0.1) is 0 Å². The van der Waals surface area contributed by atoms with E-state index in [4.69, 9.17) is 4.74 Å². The average molecular weight is 455 g/mol. The van der Waals surface area contributed by atoms with Gasteiger partial charge in [0.1, 0.15) is 5.82 Å². The number of hydrogen-bond acceptors (Lipinski definition) is 5. The van der Waals surface area contributed by atoms with Gasteiger partial charge in [0.15, 0.2) is 0 Å². The Morgan fingerprint density at radius 3 is 2.72 bits per heavy atom. The van der Waals surface area contributed by atoms with Crippen molar-refractivity contribution in [3.05, 3.63) is 23.9 Å². The molecule has 0 spiro atoms. The van der Waals surface area contributed by atoms with E-state index >= 15 is 0 Å². The van der Waals surface area contributed by atoms with E-state index in [9.17, 15) is 18.0 Å². The Morgan fingerprint density at radius 2 is 2.00 bits per heavy atom. The van der Waals surface area contributed by atoms with E-state index in [2.05, 4.69) is 17.2 Å². The first-order valence-electron chi connectivity index (χ1n) is 11.8. The molecule has 4 atom stereocenters. The molecule has 9 heteroatoms. The van der Waals surface area contributed by atoms with Crippen molar-refractivity contribution in [2.24, 2.45) is 11.8 Å². The molecule has 1 aromatic heterocycles. The number of halogens is 3. The van der Waals surface area contributed by atoms with Crippen molar-refractivity contribution >= 4 is 11.7 Å². The minimum Gasteiger partial charge on any atom is -0.381 e. The second-order valence-corrected chi connectivity index (χ2v) is 9.22. The first-order valence-corrected chi connectivity index (χ1v) is 11.8. The summed E-state index contributed by atoms with van der Waals surface area (Å²) in [7, 11) is 0. The predicted molar refractivity (Wildman–Crippen MR) is 115 cm³/mol. The molecule has 1 N–H and O–H groups in total. The molecular weight excluding hydrogens is 421 g/mol. The van der Waals surface area contributed by atoms with Crippen LogP contribution in [0.1, 0.15) is 44.6 Å². The summed E-state index contributed by atoms with van der Waals surface area (Å²) >= 11 is 0. The number of piperazine rings is 1. The van der Waals surface area contributed by atoms with Crippen LogP contribution < -0.4 is 10.2 Å². The Bertz CT molecular complexity index is 783. The van der Waals surface area contributed by atoms with Crippen LogP contribution in [-0.2, 0) is 15.7 Å². The number of carbonyl (C=O) groups excluding carboxylic acids is 1. The molecule has 2 saturated heterocycles. The van der Waals surface area contributed by atoms with Crippen LogP contribution in [0.4, 0.5) is 19.0 Å². The lowest BCUT2D eigenvalue weighted by Crippen LogP contribution is -2.50. The molecule has 4 rings (SSSR count). The SMILES string of the molecule is CCC1COCCC1NC1CCC(C(=O)N2CCN(c3cc(C(F)(F)F)ccn3)CC2)C1. The Morgan fingerprint density at radius 1 is 1.22 bits per heavy atom. The maximum absolute atomic E-state index is 13.1. The van der Waals surface area contributed by atoms with E-state index in [0.717, 1.165) is 57.5 Å². The van der Waals surface area contributed by atoms with Crippen LogP contribution in [0.25, 0.3) is 0 Å². The zero-order valence-corrected chi connectivity index (χ0v) is 18.6. The van der Waals surface area contributed by atoms with Crippen molar-refractivity contribution in [2.45, 2.75) is 57.3 Å². The summed E-state index contributed by atoms with van der Waals surface area (Å²) in [6.07, 6.45) is 1.70. The van der Waals surface area contributed by atoms with Crippen LogP contribution >= 0.6 is 0 Å². The summed E-state index contributed by atoms with van der Waals surface area (Å²) in [5.74, 6) is 1.07. The van der Waals surface area contributed by atoms with Gasteiger partial charge in [-0.05, 0) is 50.2 Å². The topological polar surface area (TPSA) is 57.7 Å². The highest BCUT2D eigenvalue weighted by Gasteiger charge is 2.36. The molecule has 178 valence electrons. The molecule has 3 fully saturated rings. The van der Waals surface area contributed by atoms with E-state index in [0.29, 0.717) is 50.0 Å². The highest BCUT2D eigenvalue weighted by Crippen LogP contribution is 2.32. The minimum atomic E-state index is -4.38. The largest absolute Gasteiger partial charge is 0.416 e. The molecule has 1 aromatic rings. The zero-order valence-electron chi connectivity index (χ0n) is 18.6. The third-order valence-corrected chi connectivity index (χ3v) is 7.22. The van der Waals surface area contributed by atoms with Crippen LogP contribution in [-0.4, -0.2) is 67.3 Å². The van der Waals surface area contributed by atoms with Gasteiger partial charge in [0.2, 0.25) is 5.91 Å². The summed E-state index contributed by atoms with van der Waals surface area (Å²) in [5.41, 5.74) is -0.694. The summed E-state index contributed by atoms with van der Waals surface area (Å²) in [4.78, 5) is 20.9. The molecule has 32 heavy (non-hydrogen) atoms. The van der Waals surface area contributed by atoms with E-state index in [1.54, 1.807) is 0 Å². The quantitative estimate of drug-likeness (QED) is 0.740. The highest BCUT2D eigenvalue weighted by atomic mass is 19.4. The lowest BCUT2D eigenvalue weighted by Gasteiger charge is -2.37. The van der Waals surface area contributed by atoms with Crippen molar-refractivity contribution < 1.29 is 22.7 Å². The molecular formula is C23H33F3N4O2. The van der Waals surface area contributed by atoms with Gasteiger partial charge in [-0.2, -0.15) is 13.2 Å². The molecule has 4 unspecified atom stereocenters. The number of hydrogen-bond donors (Lipinski definition) is 1. The number of alkyl halides is 3. The van der Waals surface area contributed by atoms with Crippen molar-refractivity contribution in [3.8, 4) is 0 Å². The molecule has 0 bridgehead atoms. The molecule has 1 aliphatic carbocycles. The van der Waals surface area contributed by atoms with Gasteiger partial charge >= 0.3 is 6.18 Å². The monoisotopic (exact) mass is 454 g/mol. The number of nitrogens with zero attached hydrogens (tertiary/aromatic N) is 3. The van der Waals surface area contributed by atoms with Gasteiger partial charge < -0.3 is 19.9 Å². The Hall–Kier alpha value is -1.87. The third-order valence-electron chi connectivity index (χ3n) is 7.22. The van der Waals surface area contributed by atoms with Crippen molar-refractivity contribution in [3.63, 3.8) is 0 Å². The van der Waals surface area contributed by atoms with Crippen LogP contribution in [0, 0.1) is 11.8 Å². The Kier molecular flexibility index (Phi) is 7.24. The van der Waals surface area contributed by atoms with E-state index in [1.807, 2.05) is 9.80 Å². The maximum atomic E-state index is 13.1. The maximum Gasteiger partial charge on any atom is 0.416 e. The smallest absolute Gasteiger partial charge is 0.381 e. The fraction of sp³-hybridized carbons (Fsp3) is 0.739. The Labute approximate surface area is 187 Å². The molecule has 0 radical (unpaired) electrons. The standard InChI is InChI=1S/C23H33F3N4O2/c1-2-16-15-32-12-6-20(16)28-19-4-3-17(13-19)22(31)30-10-8-29(9-11-30)21-14-18(5-7-27-21)23(24,25)26/h5,7,14,16-17,19-20,28H,2-4,6,8-13,15H2,1H3. The van der Waals surface area contributed by atoms with E-state index < -0.39 is 11.7 Å². The van der Waals surface area contributed by atoms with E-state index in [-0.39, 0.29) is 11.8 Å². The zero-order chi connectivity index (χ0) is 22.7. The van der Waals surface area contributed by atoms with Gasteiger partial charge in [0.25, 0.3) is 0 Å². The van der Waals surface area contributed by atoms with Gasteiger partial charge in [-0.25, -0.2) is 4.98 Å². The van der Waals surface area contributed by atoms with Crippen molar-refractivity contribution in [1.82, 2.24) is 15.2 Å². The number of carbonyl (C=O) groups is 1. The predicted octanol–water partition coefficient (Wildman–Crippen LogP) is 3.32. The average Bonchev–Trinajstić information content (AvgIpc) is 3.27.